The molecule has 1 atom stereocenters. The topological polar surface area (TPSA) is 34.1 Å². The lowest BCUT2D eigenvalue weighted by Crippen LogP contribution is -2.10. The summed E-state index contributed by atoms with van der Waals surface area (Å²) in [4.78, 5) is 0.382. The Kier molecular flexibility index (Phi) is 3.76. The molecule has 0 radical (unpaired) electrons. The molecule has 0 aliphatic carbocycles. The van der Waals surface area contributed by atoms with Crippen molar-refractivity contribution < 1.29 is 8.42 Å². The highest BCUT2D eigenvalue weighted by molar-refractivity contribution is 7.91. The van der Waals surface area contributed by atoms with Crippen LogP contribution < -0.4 is 0 Å². The highest BCUT2D eigenvalue weighted by Crippen LogP contribution is 2.28. The summed E-state index contributed by atoms with van der Waals surface area (Å²) >= 11 is 0. The van der Waals surface area contributed by atoms with Gasteiger partial charge in [0.2, 0.25) is 0 Å². The van der Waals surface area contributed by atoms with Crippen molar-refractivity contribution in [3.05, 3.63) is 65.2 Å². The van der Waals surface area contributed by atoms with Crippen LogP contribution in [-0.2, 0) is 9.84 Å². The van der Waals surface area contributed by atoms with E-state index in [9.17, 15) is 8.42 Å². The number of hydrogen-bond acceptors (Lipinski definition) is 2. The van der Waals surface area contributed by atoms with Gasteiger partial charge in [-0.25, -0.2) is 8.42 Å². The van der Waals surface area contributed by atoms with Gasteiger partial charge >= 0.3 is 0 Å². The minimum atomic E-state index is -3.33. The first-order chi connectivity index (χ1) is 8.91. The van der Waals surface area contributed by atoms with E-state index in [4.69, 9.17) is 0 Å². The molecule has 0 aliphatic heterocycles. The fourth-order valence-corrected chi connectivity index (χ4v) is 3.46. The third-order valence-electron chi connectivity index (χ3n) is 3.33. The number of benzene rings is 2. The van der Waals surface area contributed by atoms with Crippen molar-refractivity contribution in [1.29, 1.82) is 0 Å². The van der Waals surface area contributed by atoms with Gasteiger partial charge in [-0.05, 0) is 38.5 Å². The van der Waals surface area contributed by atoms with Gasteiger partial charge in [0.15, 0.2) is 9.84 Å². The number of sulfone groups is 1. The van der Waals surface area contributed by atoms with Crippen molar-refractivity contribution in [2.45, 2.75) is 30.9 Å². The van der Waals surface area contributed by atoms with Crippen molar-refractivity contribution in [2.24, 2.45) is 0 Å². The van der Waals surface area contributed by atoms with E-state index < -0.39 is 15.1 Å². The van der Waals surface area contributed by atoms with Crippen LogP contribution in [0.25, 0.3) is 0 Å². The molecule has 3 heteroatoms. The smallest absolute Gasteiger partial charge is 0.185 e. The zero-order valence-electron chi connectivity index (χ0n) is 11.4. The summed E-state index contributed by atoms with van der Waals surface area (Å²) in [6.07, 6.45) is 0. The second-order valence-corrected chi connectivity index (χ2v) is 7.18. The van der Waals surface area contributed by atoms with E-state index >= 15 is 0 Å². The van der Waals surface area contributed by atoms with Gasteiger partial charge in [-0.2, -0.15) is 0 Å². The van der Waals surface area contributed by atoms with Crippen LogP contribution in [0.2, 0.25) is 0 Å². The van der Waals surface area contributed by atoms with E-state index in [0.29, 0.717) is 4.90 Å². The minimum absolute atomic E-state index is 0.382. The standard InChI is InChI=1S/C16H18O2S/c1-12-7-9-16(10-8-12)19(17,18)14(3)15-6-4-5-13(2)11-15/h4-11,14H,1-3H3/t14-/m1/s1. The summed E-state index contributed by atoms with van der Waals surface area (Å²) in [5.41, 5.74) is 2.96. The largest absolute Gasteiger partial charge is 0.223 e. The molecule has 100 valence electrons. The Morgan fingerprint density at radius 3 is 2.11 bits per heavy atom. The molecule has 0 aromatic heterocycles. The molecule has 0 unspecified atom stereocenters. The van der Waals surface area contributed by atoms with Crippen LogP contribution >= 0.6 is 0 Å². The van der Waals surface area contributed by atoms with Gasteiger partial charge in [-0.1, -0.05) is 47.5 Å². The lowest BCUT2D eigenvalue weighted by molar-refractivity contribution is 0.586. The molecule has 2 rings (SSSR count). The Morgan fingerprint density at radius 2 is 1.53 bits per heavy atom. The van der Waals surface area contributed by atoms with Gasteiger partial charge in [0, 0.05) is 0 Å². The molecule has 0 heterocycles. The van der Waals surface area contributed by atoms with E-state index in [1.165, 1.54) is 0 Å². The van der Waals surface area contributed by atoms with Crippen LogP contribution in [0.15, 0.2) is 53.4 Å². The highest BCUT2D eigenvalue weighted by Gasteiger charge is 2.24. The van der Waals surface area contributed by atoms with E-state index in [1.54, 1.807) is 19.1 Å². The monoisotopic (exact) mass is 274 g/mol. The fraction of sp³-hybridized carbons (Fsp3) is 0.250. The summed E-state index contributed by atoms with van der Waals surface area (Å²) < 4.78 is 25.1. The highest BCUT2D eigenvalue weighted by atomic mass is 32.2. The third kappa shape index (κ3) is 2.87. The predicted octanol–water partition coefficient (Wildman–Crippen LogP) is 3.84. The molecule has 0 amide bonds. The summed E-state index contributed by atoms with van der Waals surface area (Å²) in [7, 11) is -3.33. The molecule has 19 heavy (non-hydrogen) atoms. The molecule has 0 saturated heterocycles. The Balaban J connectivity index is 2.42. The Labute approximate surface area is 115 Å². The molecule has 2 aromatic rings. The Bertz CT molecular complexity index is 670. The van der Waals surface area contributed by atoms with Crippen LogP contribution in [0, 0.1) is 13.8 Å². The van der Waals surface area contributed by atoms with Gasteiger partial charge in [-0.3, -0.25) is 0 Å². The fourth-order valence-electron chi connectivity index (χ4n) is 2.03. The maximum atomic E-state index is 12.6. The van der Waals surface area contributed by atoms with Crippen molar-refractivity contribution in [2.75, 3.05) is 0 Å². The first kappa shape index (κ1) is 13.8. The SMILES string of the molecule is Cc1ccc(S(=O)(=O)[C@H](C)c2cccc(C)c2)cc1. The molecule has 0 N–H and O–H groups in total. The van der Waals surface area contributed by atoms with Gasteiger partial charge in [0.05, 0.1) is 10.1 Å². The molecule has 0 spiro atoms. The Hall–Kier alpha value is -1.61. The number of aryl methyl sites for hydroxylation is 2. The van der Waals surface area contributed by atoms with Crippen LogP contribution in [0.3, 0.4) is 0 Å². The van der Waals surface area contributed by atoms with Crippen molar-refractivity contribution in [1.82, 2.24) is 0 Å². The average molecular weight is 274 g/mol. The summed E-state index contributed by atoms with van der Waals surface area (Å²) in [5, 5.41) is -0.532. The predicted molar refractivity (Wildman–Crippen MR) is 78.0 cm³/mol. The van der Waals surface area contributed by atoms with E-state index in [0.717, 1.165) is 16.7 Å². The van der Waals surface area contributed by atoms with Crippen molar-refractivity contribution >= 4 is 9.84 Å². The van der Waals surface area contributed by atoms with Crippen LogP contribution in [-0.4, -0.2) is 8.42 Å². The van der Waals surface area contributed by atoms with Crippen molar-refractivity contribution in [3.8, 4) is 0 Å². The van der Waals surface area contributed by atoms with E-state index in [1.807, 2.05) is 50.2 Å². The lowest BCUT2D eigenvalue weighted by atomic mass is 10.1. The quantitative estimate of drug-likeness (QED) is 0.852. The molecular weight excluding hydrogens is 256 g/mol. The second-order valence-electron chi connectivity index (χ2n) is 4.91. The second kappa shape index (κ2) is 5.17. The maximum absolute atomic E-state index is 12.6. The lowest BCUT2D eigenvalue weighted by Gasteiger charge is -2.14. The summed E-state index contributed by atoms with van der Waals surface area (Å²) in [5.74, 6) is 0. The molecule has 2 aromatic carbocycles. The zero-order valence-corrected chi connectivity index (χ0v) is 12.2. The summed E-state index contributed by atoms with van der Waals surface area (Å²) in [6.45, 7) is 5.65. The normalized spacial score (nSPS) is 13.2. The minimum Gasteiger partial charge on any atom is -0.223 e. The van der Waals surface area contributed by atoms with Gasteiger partial charge in [-0.15, -0.1) is 0 Å². The van der Waals surface area contributed by atoms with E-state index in [-0.39, 0.29) is 0 Å². The first-order valence-corrected chi connectivity index (χ1v) is 7.83. The molecule has 0 fully saturated rings. The average Bonchev–Trinajstić information content (AvgIpc) is 2.38. The van der Waals surface area contributed by atoms with Gasteiger partial charge < -0.3 is 0 Å². The van der Waals surface area contributed by atoms with Crippen LogP contribution in [0.1, 0.15) is 28.9 Å². The van der Waals surface area contributed by atoms with Gasteiger partial charge in [0.1, 0.15) is 0 Å². The molecule has 0 bridgehead atoms. The van der Waals surface area contributed by atoms with Crippen LogP contribution in [0.4, 0.5) is 0 Å². The molecule has 0 aliphatic rings. The molecule has 2 nitrogen and oxygen atoms in total. The zero-order chi connectivity index (χ0) is 14.0. The van der Waals surface area contributed by atoms with Crippen LogP contribution in [0.5, 0.6) is 0 Å². The maximum Gasteiger partial charge on any atom is 0.185 e. The summed E-state index contributed by atoms with van der Waals surface area (Å²) in [6, 6.07) is 14.7. The van der Waals surface area contributed by atoms with Crippen molar-refractivity contribution in [3.63, 3.8) is 0 Å². The first-order valence-electron chi connectivity index (χ1n) is 6.28. The molecular formula is C16H18O2S. The number of rotatable bonds is 3. The Morgan fingerprint density at radius 1 is 0.895 bits per heavy atom. The third-order valence-corrected chi connectivity index (χ3v) is 5.46. The molecule has 0 saturated carbocycles. The van der Waals surface area contributed by atoms with E-state index in [2.05, 4.69) is 0 Å². The van der Waals surface area contributed by atoms with Gasteiger partial charge in [0.25, 0.3) is 0 Å². The number of hydrogen-bond donors (Lipinski definition) is 0.